The second kappa shape index (κ2) is 8.30. The summed E-state index contributed by atoms with van der Waals surface area (Å²) in [6.07, 6.45) is 0.469. The van der Waals surface area contributed by atoms with Gasteiger partial charge in [-0.05, 0) is 48.4 Å². The van der Waals surface area contributed by atoms with Gasteiger partial charge in [0.25, 0.3) is 5.91 Å². The average Bonchev–Trinajstić information content (AvgIpc) is 2.92. The van der Waals surface area contributed by atoms with Crippen LogP contribution in [-0.4, -0.2) is 17.1 Å². The van der Waals surface area contributed by atoms with Crippen LogP contribution in [0.3, 0.4) is 0 Å². The zero-order chi connectivity index (χ0) is 19.6. The van der Waals surface area contributed by atoms with Crippen molar-refractivity contribution in [3.05, 3.63) is 73.6 Å². The van der Waals surface area contributed by atoms with E-state index in [9.17, 15) is 14.9 Å². The van der Waals surface area contributed by atoms with Crippen LogP contribution >= 0.6 is 43.6 Å². The van der Waals surface area contributed by atoms with Crippen molar-refractivity contribution in [2.45, 2.75) is 11.7 Å². The Labute approximate surface area is 177 Å². The van der Waals surface area contributed by atoms with E-state index >= 15 is 0 Å². The third kappa shape index (κ3) is 4.26. The van der Waals surface area contributed by atoms with Gasteiger partial charge in [-0.1, -0.05) is 55.8 Å². The summed E-state index contributed by atoms with van der Waals surface area (Å²) in [6, 6.07) is 16.6. The van der Waals surface area contributed by atoms with Crippen molar-refractivity contribution in [1.82, 2.24) is 0 Å². The third-order valence-electron chi connectivity index (χ3n) is 3.92. The lowest BCUT2D eigenvalue weighted by atomic mass is 10.1. The molecule has 2 N–H and O–H groups in total. The van der Waals surface area contributed by atoms with E-state index in [0.717, 1.165) is 14.5 Å². The quantitative estimate of drug-likeness (QED) is 0.499. The monoisotopic (exact) mass is 505 g/mol. The van der Waals surface area contributed by atoms with Gasteiger partial charge in [0.2, 0.25) is 5.91 Å². The van der Waals surface area contributed by atoms with E-state index in [1.165, 1.54) is 16.7 Å². The second-order valence-electron chi connectivity index (χ2n) is 5.75. The molecule has 27 heavy (non-hydrogen) atoms. The van der Waals surface area contributed by atoms with Gasteiger partial charge in [-0.3, -0.25) is 14.5 Å². The van der Waals surface area contributed by atoms with Crippen LogP contribution in [-0.2, 0) is 16.0 Å². The van der Waals surface area contributed by atoms with Crippen molar-refractivity contribution >= 4 is 61.1 Å². The predicted octanol–water partition coefficient (Wildman–Crippen LogP) is 4.12. The minimum absolute atomic E-state index is 0.189. The van der Waals surface area contributed by atoms with Gasteiger partial charge in [0.1, 0.15) is 16.7 Å². The van der Waals surface area contributed by atoms with E-state index in [1.54, 1.807) is 24.3 Å². The first-order chi connectivity index (χ1) is 12.9. The molecule has 1 saturated heterocycles. The minimum atomic E-state index is -0.849. The van der Waals surface area contributed by atoms with Gasteiger partial charge in [-0.2, -0.15) is 5.26 Å². The van der Waals surface area contributed by atoms with E-state index in [-0.39, 0.29) is 16.5 Å². The standard InChI is InChI=1S/C19H13Br2N3O2S/c20-12-4-6-14(7-5-12)24-18(26)16(9-11-2-1-3-13(21)8-11)27-19(24)15(10-22)17(23)25/h1-8,16H,9H2,(H2,23,25). The molecule has 2 amide bonds. The highest BCUT2D eigenvalue weighted by atomic mass is 79.9. The Balaban J connectivity index is 2.03. The van der Waals surface area contributed by atoms with Crippen LogP contribution in [0.1, 0.15) is 5.56 Å². The maximum atomic E-state index is 13.1. The number of nitrogens with zero attached hydrogens (tertiary/aromatic N) is 2. The Bertz CT molecular complexity index is 983. The van der Waals surface area contributed by atoms with Gasteiger partial charge in [0, 0.05) is 14.6 Å². The molecule has 0 aliphatic carbocycles. The van der Waals surface area contributed by atoms with E-state index in [0.29, 0.717) is 12.1 Å². The molecular formula is C19H13Br2N3O2S. The third-order valence-corrected chi connectivity index (χ3v) is 6.20. The lowest BCUT2D eigenvalue weighted by Crippen LogP contribution is -2.31. The number of benzene rings is 2. The Kier molecular flexibility index (Phi) is 6.05. The number of amides is 2. The van der Waals surface area contributed by atoms with Crippen LogP contribution < -0.4 is 10.6 Å². The van der Waals surface area contributed by atoms with E-state index in [2.05, 4.69) is 31.9 Å². The predicted molar refractivity (Wildman–Crippen MR) is 113 cm³/mol. The molecular weight excluding hydrogens is 494 g/mol. The highest BCUT2D eigenvalue weighted by Gasteiger charge is 2.40. The summed E-state index contributed by atoms with van der Waals surface area (Å²) >= 11 is 7.98. The smallest absolute Gasteiger partial charge is 0.262 e. The number of primary amides is 1. The topological polar surface area (TPSA) is 87.2 Å². The Hall–Kier alpha value is -2.08. The van der Waals surface area contributed by atoms with Crippen molar-refractivity contribution < 1.29 is 9.59 Å². The van der Waals surface area contributed by atoms with Crippen molar-refractivity contribution in [3.8, 4) is 6.07 Å². The van der Waals surface area contributed by atoms with Crippen LogP contribution in [0.25, 0.3) is 0 Å². The molecule has 1 aliphatic rings. The maximum Gasteiger partial charge on any atom is 0.262 e. The number of thioether (sulfide) groups is 1. The summed E-state index contributed by atoms with van der Waals surface area (Å²) in [5.41, 5.74) is 6.71. The Morgan fingerprint density at radius 1 is 1.19 bits per heavy atom. The number of rotatable bonds is 4. The van der Waals surface area contributed by atoms with Gasteiger partial charge in [0.15, 0.2) is 0 Å². The zero-order valence-electron chi connectivity index (χ0n) is 13.9. The molecule has 1 aliphatic heterocycles. The largest absolute Gasteiger partial charge is 0.365 e. The molecule has 5 nitrogen and oxygen atoms in total. The Morgan fingerprint density at radius 2 is 1.89 bits per heavy atom. The fourth-order valence-electron chi connectivity index (χ4n) is 2.70. The molecule has 0 bridgehead atoms. The number of carbonyl (C=O) groups excluding carboxylic acids is 2. The first-order valence-electron chi connectivity index (χ1n) is 7.85. The van der Waals surface area contributed by atoms with Gasteiger partial charge in [0.05, 0.1) is 5.25 Å². The van der Waals surface area contributed by atoms with Crippen molar-refractivity contribution in [2.75, 3.05) is 4.90 Å². The molecule has 1 atom stereocenters. The fraction of sp³-hybridized carbons (Fsp3) is 0.105. The highest BCUT2D eigenvalue weighted by molar-refractivity contribution is 9.10. The summed E-state index contributed by atoms with van der Waals surface area (Å²) in [4.78, 5) is 26.3. The number of carbonyl (C=O) groups is 2. The van der Waals surface area contributed by atoms with Crippen LogP contribution in [0, 0.1) is 11.3 Å². The van der Waals surface area contributed by atoms with Crippen LogP contribution in [0.2, 0.25) is 0 Å². The molecule has 8 heteroatoms. The molecule has 3 rings (SSSR count). The van der Waals surface area contributed by atoms with Gasteiger partial charge in [-0.25, -0.2) is 0 Å². The number of anilines is 1. The van der Waals surface area contributed by atoms with Crippen molar-refractivity contribution in [3.63, 3.8) is 0 Å². The van der Waals surface area contributed by atoms with Gasteiger partial charge in [-0.15, -0.1) is 0 Å². The van der Waals surface area contributed by atoms with Crippen LogP contribution in [0.15, 0.2) is 68.1 Å². The fourth-order valence-corrected chi connectivity index (χ4v) is 4.73. The molecule has 1 fully saturated rings. The summed E-state index contributed by atoms with van der Waals surface area (Å²) in [5, 5.41) is 9.21. The Morgan fingerprint density at radius 3 is 2.48 bits per heavy atom. The number of nitrogens with two attached hydrogens (primary N) is 1. The second-order valence-corrected chi connectivity index (χ2v) is 8.77. The SMILES string of the molecule is N#CC(C(N)=O)=C1SC(Cc2cccc(Br)c2)C(=O)N1c1ccc(Br)cc1. The van der Waals surface area contributed by atoms with E-state index in [1.807, 2.05) is 30.3 Å². The van der Waals surface area contributed by atoms with Crippen LogP contribution in [0.4, 0.5) is 5.69 Å². The molecule has 0 radical (unpaired) electrons. The summed E-state index contributed by atoms with van der Waals surface area (Å²) < 4.78 is 1.78. The molecule has 136 valence electrons. The first-order valence-corrected chi connectivity index (χ1v) is 10.3. The zero-order valence-corrected chi connectivity index (χ0v) is 17.8. The molecule has 0 aromatic heterocycles. The summed E-state index contributed by atoms with van der Waals surface area (Å²) in [7, 11) is 0. The minimum Gasteiger partial charge on any atom is -0.365 e. The first kappa shape index (κ1) is 19.7. The van der Waals surface area contributed by atoms with E-state index in [4.69, 9.17) is 5.73 Å². The van der Waals surface area contributed by atoms with E-state index < -0.39 is 11.2 Å². The molecule has 2 aromatic rings. The van der Waals surface area contributed by atoms with Crippen molar-refractivity contribution in [1.29, 1.82) is 5.26 Å². The lowest BCUT2D eigenvalue weighted by Gasteiger charge is -2.18. The molecule has 1 heterocycles. The van der Waals surface area contributed by atoms with Gasteiger partial charge >= 0.3 is 0 Å². The number of hydrogen-bond acceptors (Lipinski definition) is 4. The normalized spacial score (nSPS) is 18.3. The molecule has 1 unspecified atom stereocenters. The number of halogens is 2. The highest BCUT2D eigenvalue weighted by Crippen LogP contribution is 2.42. The maximum absolute atomic E-state index is 13.1. The molecule has 2 aromatic carbocycles. The average molecular weight is 507 g/mol. The lowest BCUT2D eigenvalue weighted by molar-refractivity contribution is -0.117. The summed E-state index contributed by atoms with van der Waals surface area (Å²) in [6.45, 7) is 0. The number of nitriles is 1. The number of hydrogen-bond donors (Lipinski definition) is 1. The summed E-state index contributed by atoms with van der Waals surface area (Å²) in [5.74, 6) is -1.04. The van der Waals surface area contributed by atoms with Crippen LogP contribution in [0.5, 0.6) is 0 Å². The molecule has 0 spiro atoms. The van der Waals surface area contributed by atoms with Gasteiger partial charge < -0.3 is 5.73 Å². The molecule has 0 saturated carbocycles. The van der Waals surface area contributed by atoms with Crippen molar-refractivity contribution in [2.24, 2.45) is 5.73 Å².